The Labute approximate surface area is 163 Å². The average molecular weight is 375 g/mol. The number of hydrogen-bond acceptors (Lipinski definition) is 1. The van der Waals surface area contributed by atoms with Crippen LogP contribution in [0.15, 0.2) is 12.2 Å². The predicted molar refractivity (Wildman–Crippen MR) is 105 cm³/mol. The molecule has 0 aromatic rings. The van der Waals surface area contributed by atoms with Crippen LogP contribution >= 0.6 is 0 Å². The Hall–Kier alpha value is -0.540. The smallest absolute Gasteiger partial charge is 0.246 e. The third-order valence-electron chi connectivity index (χ3n) is 4.45. The summed E-state index contributed by atoms with van der Waals surface area (Å²) in [5, 5.41) is 5.25. The van der Waals surface area contributed by atoms with Crippen LogP contribution in [0, 0.1) is 5.92 Å². The van der Waals surface area contributed by atoms with E-state index in [0.29, 0.717) is 5.57 Å². The summed E-state index contributed by atoms with van der Waals surface area (Å²) in [4.78, 5) is 11.3. The van der Waals surface area contributed by atoms with Gasteiger partial charge >= 0.3 is 0 Å². The molecular formula is C21H43ClN2O. The van der Waals surface area contributed by atoms with E-state index in [1.165, 1.54) is 70.8 Å². The molecule has 0 heterocycles. The highest BCUT2D eigenvalue weighted by Crippen LogP contribution is 2.12. The molecule has 0 aliphatic carbocycles. The first-order valence-electron chi connectivity index (χ1n) is 10.3. The fourth-order valence-corrected chi connectivity index (χ4v) is 2.82. The lowest BCUT2D eigenvalue weighted by molar-refractivity contribution is -0.655. The average Bonchev–Trinajstić information content (AvgIpc) is 2.53. The topological polar surface area (TPSA) is 45.7 Å². The molecule has 1 amide bonds. The maximum absolute atomic E-state index is 11.3. The van der Waals surface area contributed by atoms with Crippen LogP contribution in [0.3, 0.4) is 0 Å². The van der Waals surface area contributed by atoms with Crippen LogP contribution in [0.1, 0.15) is 91.4 Å². The lowest BCUT2D eigenvalue weighted by Gasteiger charge is -2.05. The van der Waals surface area contributed by atoms with E-state index in [9.17, 15) is 4.79 Å². The predicted octanol–water partition coefficient (Wildman–Crippen LogP) is 1.19. The summed E-state index contributed by atoms with van der Waals surface area (Å²) in [5.74, 6) is 0.854. The van der Waals surface area contributed by atoms with Gasteiger partial charge in [-0.05, 0) is 25.7 Å². The summed E-state index contributed by atoms with van der Waals surface area (Å²) in [6.07, 6.45) is 15.1. The Kier molecular flexibility index (Phi) is 21.1. The number of amides is 1. The Morgan fingerprint density at radius 2 is 1.36 bits per heavy atom. The molecule has 0 atom stereocenters. The monoisotopic (exact) mass is 374 g/mol. The van der Waals surface area contributed by atoms with Gasteiger partial charge in [0.25, 0.3) is 0 Å². The first-order valence-corrected chi connectivity index (χ1v) is 10.3. The zero-order chi connectivity index (χ0) is 18.0. The van der Waals surface area contributed by atoms with Gasteiger partial charge in [0.1, 0.15) is 0 Å². The Morgan fingerprint density at radius 1 is 0.880 bits per heavy atom. The highest BCUT2D eigenvalue weighted by molar-refractivity contribution is 5.91. The van der Waals surface area contributed by atoms with Gasteiger partial charge in [0.15, 0.2) is 0 Å². The van der Waals surface area contributed by atoms with Gasteiger partial charge in [-0.3, -0.25) is 4.79 Å². The lowest BCUT2D eigenvalue weighted by atomic mass is 10.0. The molecule has 0 spiro atoms. The molecule has 0 aliphatic heterocycles. The molecular weight excluding hydrogens is 332 g/mol. The molecule has 0 aromatic heterocycles. The second-order valence-electron chi connectivity index (χ2n) is 7.62. The van der Waals surface area contributed by atoms with E-state index in [1.807, 2.05) is 0 Å². The van der Waals surface area contributed by atoms with E-state index in [1.54, 1.807) is 6.92 Å². The van der Waals surface area contributed by atoms with Crippen molar-refractivity contribution in [1.29, 1.82) is 0 Å². The molecule has 0 fully saturated rings. The molecule has 150 valence electrons. The molecule has 0 aliphatic rings. The van der Waals surface area contributed by atoms with E-state index in [2.05, 4.69) is 31.1 Å². The summed E-state index contributed by atoms with van der Waals surface area (Å²) >= 11 is 0. The maximum atomic E-state index is 11.3. The summed E-state index contributed by atoms with van der Waals surface area (Å²) < 4.78 is 0. The van der Waals surface area contributed by atoms with Gasteiger partial charge in [-0.1, -0.05) is 71.8 Å². The summed E-state index contributed by atoms with van der Waals surface area (Å²) in [6, 6.07) is 0. The largest absolute Gasteiger partial charge is 1.00 e. The van der Waals surface area contributed by atoms with Gasteiger partial charge in [-0.25, -0.2) is 0 Å². The molecule has 0 bridgehead atoms. The van der Waals surface area contributed by atoms with Crippen molar-refractivity contribution >= 4 is 5.91 Å². The van der Waals surface area contributed by atoms with Gasteiger partial charge in [-0.2, -0.15) is 0 Å². The Balaban J connectivity index is 0. The molecule has 0 unspecified atom stereocenters. The van der Waals surface area contributed by atoms with Crippen molar-refractivity contribution in [2.45, 2.75) is 91.4 Å². The second kappa shape index (κ2) is 19.8. The molecule has 3 nitrogen and oxygen atoms in total. The second-order valence-corrected chi connectivity index (χ2v) is 7.62. The number of quaternary nitrogens is 1. The number of rotatable bonds is 17. The summed E-state index contributed by atoms with van der Waals surface area (Å²) in [7, 11) is 0. The van der Waals surface area contributed by atoms with E-state index in [0.717, 1.165) is 25.4 Å². The Bertz CT molecular complexity index is 319. The third-order valence-corrected chi connectivity index (χ3v) is 4.45. The van der Waals surface area contributed by atoms with Crippen molar-refractivity contribution in [3.05, 3.63) is 12.2 Å². The zero-order valence-corrected chi connectivity index (χ0v) is 17.8. The SMILES string of the molecule is C=C(C)C(=O)NCCC[NH2+]CCCCCCCCCCCC(C)C.[Cl-]. The van der Waals surface area contributed by atoms with E-state index >= 15 is 0 Å². The number of hydrogen-bond donors (Lipinski definition) is 2. The fraction of sp³-hybridized carbons (Fsp3) is 0.857. The number of nitrogens with one attached hydrogen (secondary N) is 1. The van der Waals surface area contributed by atoms with Crippen LogP contribution in [-0.4, -0.2) is 25.5 Å². The molecule has 0 radical (unpaired) electrons. The van der Waals surface area contributed by atoms with Crippen molar-refractivity contribution in [2.75, 3.05) is 19.6 Å². The number of nitrogens with two attached hydrogens (primary N) is 1. The quantitative estimate of drug-likeness (QED) is 0.291. The van der Waals surface area contributed by atoms with E-state index < -0.39 is 0 Å². The van der Waals surface area contributed by atoms with Gasteiger partial charge in [0.2, 0.25) is 5.91 Å². The minimum absolute atomic E-state index is 0. The molecule has 4 heteroatoms. The van der Waals surface area contributed by atoms with Crippen LogP contribution < -0.4 is 23.0 Å². The normalized spacial score (nSPS) is 10.6. The van der Waals surface area contributed by atoms with Crippen LogP contribution in [0.5, 0.6) is 0 Å². The van der Waals surface area contributed by atoms with Crippen molar-refractivity contribution in [1.82, 2.24) is 5.32 Å². The Morgan fingerprint density at radius 3 is 1.88 bits per heavy atom. The lowest BCUT2D eigenvalue weighted by Crippen LogP contribution is -3.00. The van der Waals surface area contributed by atoms with Gasteiger partial charge in [0, 0.05) is 18.5 Å². The molecule has 0 saturated heterocycles. The number of halogens is 1. The van der Waals surface area contributed by atoms with E-state index in [-0.39, 0.29) is 18.3 Å². The van der Waals surface area contributed by atoms with Crippen molar-refractivity contribution in [3.63, 3.8) is 0 Å². The molecule has 0 saturated carbocycles. The van der Waals surface area contributed by atoms with Crippen molar-refractivity contribution in [2.24, 2.45) is 5.92 Å². The summed E-state index contributed by atoms with van der Waals surface area (Å²) in [6.45, 7) is 13.1. The van der Waals surface area contributed by atoms with Gasteiger partial charge in [0.05, 0.1) is 13.1 Å². The maximum Gasteiger partial charge on any atom is 0.246 e. The number of carbonyl (C=O) groups is 1. The highest BCUT2D eigenvalue weighted by atomic mass is 35.5. The van der Waals surface area contributed by atoms with Gasteiger partial charge in [-0.15, -0.1) is 0 Å². The number of carbonyl (C=O) groups excluding carboxylic acids is 1. The number of unbranched alkanes of at least 4 members (excludes halogenated alkanes) is 8. The first-order chi connectivity index (χ1) is 11.5. The highest BCUT2D eigenvalue weighted by Gasteiger charge is 2.00. The van der Waals surface area contributed by atoms with Crippen molar-refractivity contribution < 1.29 is 22.5 Å². The zero-order valence-electron chi connectivity index (χ0n) is 17.0. The van der Waals surface area contributed by atoms with Crippen molar-refractivity contribution in [3.8, 4) is 0 Å². The fourth-order valence-electron chi connectivity index (χ4n) is 2.82. The molecule has 0 rings (SSSR count). The minimum atomic E-state index is -0.0186. The van der Waals surface area contributed by atoms with E-state index in [4.69, 9.17) is 0 Å². The summed E-state index contributed by atoms with van der Waals surface area (Å²) in [5.41, 5.74) is 0.592. The third kappa shape index (κ3) is 21.4. The molecule has 25 heavy (non-hydrogen) atoms. The first kappa shape index (κ1) is 26.7. The van der Waals surface area contributed by atoms with Crippen LogP contribution in [0.4, 0.5) is 0 Å². The standard InChI is InChI=1S/C21H42N2O.ClH/c1-19(2)15-12-10-8-6-5-7-9-11-13-16-22-17-14-18-23-21(24)20(3)4;/h19,22H,3,5-18H2,1-2,4H3,(H,23,24);1H. The minimum Gasteiger partial charge on any atom is -1.00 e. The van der Waals surface area contributed by atoms with Crippen LogP contribution in [0.25, 0.3) is 0 Å². The molecule has 0 aromatic carbocycles. The van der Waals surface area contributed by atoms with Gasteiger partial charge < -0.3 is 23.0 Å². The van der Waals surface area contributed by atoms with Crippen LogP contribution in [0.2, 0.25) is 0 Å². The molecule has 3 N–H and O–H groups in total. The van der Waals surface area contributed by atoms with Crippen LogP contribution in [-0.2, 0) is 4.79 Å².